The number of pyridine rings is 1. The molecule has 1 fully saturated rings. The Labute approximate surface area is 113 Å². The summed E-state index contributed by atoms with van der Waals surface area (Å²) in [5.41, 5.74) is 7.95. The molecule has 0 saturated carbocycles. The van der Waals surface area contributed by atoms with Crippen LogP contribution in [-0.4, -0.2) is 43.1 Å². The molecule has 2 aromatic rings. The second-order valence-electron chi connectivity index (χ2n) is 5.32. The van der Waals surface area contributed by atoms with E-state index in [0.717, 1.165) is 54.2 Å². The normalized spacial score (nSPS) is 17.1. The molecule has 1 aromatic carbocycles. The quantitative estimate of drug-likeness (QED) is 0.791. The van der Waals surface area contributed by atoms with Crippen LogP contribution < -0.4 is 10.6 Å². The summed E-state index contributed by atoms with van der Waals surface area (Å²) in [7, 11) is 2.16. The number of likely N-dealkylation sites (N-methyl/N-ethyl adjacent to an activating group) is 1. The molecule has 1 aliphatic rings. The number of hydrogen-bond acceptors (Lipinski definition) is 4. The molecular formula is C15H20N4. The number of anilines is 2. The Morgan fingerprint density at radius 3 is 2.58 bits per heavy atom. The molecule has 0 spiro atoms. The van der Waals surface area contributed by atoms with Gasteiger partial charge >= 0.3 is 0 Å². The van der Waals surface area contributed by atoms with E-state index in [0.29, 0.717) is 0 Å². The van der Waals surface area contributed by atoms with Gasteiger partial charge in [-0.2, -0.15) is 0 Å². The van der Waals surface area contributed by atoms with Crippen molar-refractivity contribution < 1.29 is 0 Å². The lowest BCUT2D eigenvalue weighted by Gasteiger charge is -2.34. The van der Waals surface area contributed by atoms with Crippen molar-refractivity contribution in [3.8, 4) is 0 Å². The van der Waals surface area contributed by atoms with E-state index in [1.165, 1.54) is 0 Å². The number of nitrogen functional groups attached to an aromatic ring is 1. The summed E-state index contributed by atoms with van der Waals surface area (Å²) in [6.45, 7) is 6.25. The molecule has 1 aliphatic heterocycles. The number of rotatable bonds is 1. The predicted molar refractivity (Wildman–Crippen MR) is 80.6 cm³/mol. The van der Waals surface area contributed by atoms with Gasteiger partial charge in [0.2, 0.25) is 0 Å². The molecule has 0 atom stereocenters. The summed E-state index contributed by atoms with van der Waals surface area (Å²) in [6.07, 6.45) is 0. The third kappa shape index (κ3) is 2.24. The maximum atomic E-state index is 6.09. The van der Waals surface area contributed by atoms with E-state index in [9.17, 15) is 0 Å². The molecule has 19 heavy (non-hydrogen) atoms. The van der Waals surface area contributed by atoms with E-state index >= 15 is 0 Å². The van der Waals surface area contributed by atoms with Crippen LogP contribution in [-0.2, 0) is 0 Å². The number of hydrogen-bond donors (Lipinski definition) is 1. The smallest absolute Gasteiger partial charge is 0.136 e. The van der Waals surface area contributed by atoms with Crippen molar-refractivity contribution in [2.75, 3.05) is 43.9 Å². The van der Waals surface area contributed by atoms with E-state index in [1.807, 2.05) is 19.1 Å². The number of fused-ring (bicyclic) bond motifs is 1. The van der Waals surface area contributed by atoms with E-state index in [1.54, 1.807) is 0 Å². The number of piperazine rings is 1. The second-order valence-corrected chi connectivity index (χ2v) is 5.32. The average Bonchev–Trinajstić information content (AvgIpc) is 2.40. The van der Waals surface area contributed by atoms with Crippen LogP contribution in [0.3, 0.4) is 0 Å². The van der Waals surface area contributed by atoms with Gasteiger partial charge in [0.25, 0.3) is 0 Å². The molecule has 4 heteroatoms. The van der Waals surface area contributed by atoms with Gasteiger partial charge in [-0.15, -0.1) is 0 Å². The van der Waals surface area contributed by atoms with Gasteiger partial charge in [-0.05, 0) is 26.1 Å². The largest absolute Gasteiger partial charge is 0.398 e. The van der Waals surface area contributed by atoms with Gasteiger partial charge in [-0.1, -0.05) is 12.1 Å². The highest BCUT2D eigenvalue weighted by Crippen LogP contribution is 2.29. The maximum Gasteiger partial charge on any atom is 0.136 e. The molecule has 100 valence electrons. The van der Waals surface area contributed by atoms with Crippen LogP contribution in [0, 0.1) is 6.92 Å². The molecule has 4 nitrogen and oxygen atoms in total. The summed E-state index contributed by atoms with van der Waals surface area (Å²) in [6, 6.07) is 8.15. The molecule has 0 radical (unpaired) electrons. The minimum atomic E-state index is 0.832. The first kappa shape index (κ1) is 12.2. The lowest BCUT2D eigenvalue weighted by molar-refractivity contribution is 0.312. The predicted octanol–water partition coefficient (Wildman–Crippen LogP) is 1.88. The van der Waals surface area contributed by atoms with Gasteiger partial charge in [0.1, 0.15) is 5.82 Å². The van der Waals surface area contributed by atoms with Crippen LogP contribution in [0.2, 0.25) is 0 Å². The first-order valence-electron chi connectivity index (χ1n) is 6.74. The summed E-state index contributed by atoms with van der Waals surface area (Å²) in [5.74, 6) is 1.08. The summed E-state index contributed by atoms with van der Waals surface area (Å²) >= 11 is 0. The zero-order valence-electron chi connectivity index (χ0n) is 11.6. The first-order valence-corrected chi connectivity index (χ1v) is 6.74. The second kappa shape index (κ2) is 4.70. The Morgan fingerprint density at radius 2 is 1.84 bits per heavy atom. The van der Waals surface area contributed by atoms with Crippen molar-refractivity contribution in [3.05, 3.63) is 30.0 Å². The molecule has 1 aromatic heterocycles. The van der Waals surface area contributed by atoms with Crippen molar-refractivity contribution in [1.82, 2.24) is 9.88 Å². The molecule has 3 rings (SSSR count). The Balaban J connectivity index is 2.10. The minimum Gasteiger partial charge on any atom is -0.398 e. The van der Waals surface area contributed by atoms with Gasteiger partial charge in [-0.25, -0.2) is 4.98 Å². The molecular weight excluding hydrogens is 236 g/mol. The van der Waals surface area contributed by atoms with E-state index < -0.39 is 0 Å². The van der Waals surface area contributed by atoms with Gasteiger partial charge in [-0.3, -0.25) is 0 Å². The van der Waals surface area contributed by atoms with Gasteiger partial charge in [0, 0.05) is 48.3 Å². The highest BCUT2D eigenvalue weighted by molar-refractivity contribution is 5.99. The number of aromatic nitrogens is 1. The number of nitrogens with zero attached hydrogens (tertiary/aromatic N) is 3. The van der Waals surface area contributed by atoms with Gasteiger partial charge in [0.05, 0.1) is 0 Å². The standard InChI is InChI=1S/C15H20N4/c1-11-10-13-12(4-3-5-14(13)16)15(17-11)19-8-6-18(2)7-9-19/h3-5,10H,6-9,16H2,1-2H3. The fourth-order valence-electron chi connectivity index (χ4n) is 2.67. The SMILES string of the molecule is Cc1cc2c(N)cccc2c(N2CCN(C)CC2)n1. The fraction of sp³-hybridized carbons (Fsp3) is 0.400. The Hall–Kier alpha value is -1.81. The maximum absolute atomic E-state index is 6.09. The topological polar surface area (TPSA) is 45.4 Å². The number of aryl methyl sites for hydroxylation is 1. The molecule has 2 N–H and O–H groups in total. The van der Waals surface area contributed by atoms with Crippen molar-refractivity contribution in [2.24, 2.45) is 0 Å². The van der Waals surface area contributed by atoms with Crippen LogP contribution in [0.25, 0.3) is 10.8 Å². The number of nitrogens with two attached hydrogens (primary N) is 1. The van der Waals surface area contributed by atoms with Gasteiger partial charge in [0.15, 0.2) is 0 Å². The molecule has 2 heterocycles. The third-order valence-electron chi connectivity index (χ3n) is 3.82. The highest BCUT2D eigenvalue weighted by atomic mass is 15.3. The monoisotopic (exact) mass is 256 g/mol. The van der Waals surface area contributed by atoms with Crippen molar-refractivity contribution in [3.63, 3.8) is 0 Å². The van der Waals surface area contributed by atoms with E-state index in [-0.39, 0.29) is 0 Å². The summed E-state index contributed by atoms with van der Waals surface area (Å²) < 4.78 is 0. The number of benzene rings is 1. The van der Waals surface area contributed by atoms with Crippen LogP contribution in [0.5, 0.6) is 0 Å². The van der Waals surface area contributed by atoms with Crippen molar-refractivity contribution in [1.29, 1.82) is 0 Å². The first-order chi connectivity index (χ1) is 9.15. The van der Waals surface area contributed by atoms with E-state index in [4.69, 9.17) is 10.7 Å². The summed E-state index contributed by atoms with van der Waals surface area (Å²) in [4.78, 5) is 9.46. The molecule has 0 amide bonds. The molecule has 1 saturated heterocycles. The van der Waals surface area contributed by atoms with E-state index in [2.05, 4.69) is 29.0 Å². The average molecular weight is 256 g/mol. The molecule has 0 bridgehead atoms. The minimum absolute atomic E-state index is 0.832. The zero-order valence-corrected chi connectivity index (χ0v) is 11.6. The summed E-state index contributed by atoms with van der Waals surface area (Å²) in [5, 5.41) is 2.28. The van der Waals surface area contributed by atoms with Crippen molar-refractivity contribution >= 4 is 22.3 Å². The Kier molecular flexibility index (Phi) is 3.03. The highest BCUT2D eigenvalue weighted by Gasteiger charge is 2.18. The van der Waals surface area contributed by atoms with Gasteiger partial charge < -0.3 is 15.5 Å². The lowest BCUT2D eigenvalue weighted by atomic mass is 10.1. The van der Waals surface area contributed by atoms with Crippen LogP contribution in [0.1, 0.15) is 5.69 Å². The van der Waals surface area contributed by atoms with Crippen molar-refractivity contribution in [2.45, 2.75) is 6.92 Å². The fourth-order valence-corrected chi connectivity index (χ4v) is 2.67. The van der Waals surface area contributed by atoms with Crippen LogP contribution in [0.15, 0.2) is 24.3 Å². The molecule has 0 aliphatic carbocycles. The lowest BCUT2D eigenvalue weighted by Crippen LogP contribution is -2.44. The molecule has 0 unspecified atom stereocenters. The van der Waals surface area contributed by atoms with Crippen LogP contribution >= 0.6 is 0 Å². The zero-order chi connectivity index (χ0) is 13.4. The van der Waals surface area contributed by atoms with Crippen LogP contribution in [0.4, 0.5) is 11.5 Å². The third-order valence-corrected chi connectivity index (χ3v) is 3.82. The Morgan fingerprint density at radius 1 is 1.11 bits per heavy atom. The Bertz CT molecular complexity index is 600.